The van der Waals surface area contributed by atoms with Gasteiger partial charge in [-0.15, -0.1) is 0 Å². The van der Waals surface area contributed by atoms with Crippen molar-refractivity contribution in [3.05, 3.63) is 27.1 Å². The first-order valence-electron chi connectivity index (χ1n) is 3.38. The lowest BCUT2D eigenvalue weighted by molar-refractivity contribution is -0.0500. The first-order valence-corrected chi connectivity index (χ1v) is 4.46. The molecule has 1 aromatic carbocycles. The topological polar surface area (TPSA) is 33.0 Å². The summed E-state index contributed by atoms with van der Waals surface area (Å²) in [6.07, 6.45) is 0. The molecule has 0 bridgehead atoms. The summed E-state index contributed by atoms with van der Waals surface area (Å²) in [6, 6.07) is 3.55. The number of benzene rings is 1. The van der Waals surface area contributed by atoms with Crippen LogP contribution < -0.4 is 4.74 Å². The largest absolute Gasteiger partial charge is 0.435 e. The van der Waals surface area contributed by atoms with E-state index in [1.807, 2.05) is 0 Å². The standard InChI is InChI=1S/C8H3F3INO/c9-6-1-4(14-8(10)11)2-7(12)5(6)3-13/h1-2,8H. The summed E-state index contributed by atoms with van der Waals surface area (Å²) < 4.78 is 40.7. The molecule has 14 heavy (non-hydrogen) atoms. The lowest BCUT2D eigenvalue weighted by atomic mass is 10.2. The zero-order chi connectivity index (χ0) is 10.7. The van der Waals surface area contributed by atoms with Gasteiger partial charge in [-0.1, -0.05) is 0 Å². The van der Waals surface area contributed by atoms with Gasteiger partial charge < -0.3 is 4.74 Å². The number of nitriles is 1. The highest BCUT2D eigenvalue weighted by molar-refractivity contribution is 14.1. The average molecular weight is 313 g/mol. The van der Waals surface area contributed by atoms with Crippen molar-refractivity contribution in [3.8, 4) is 11.8 Å². The van der Waals surface area contributed by atoms with Crippen LogP contribution in [0.1, 0.15) is 5.56 Å². The maximum absolute atomic E-state index is 13.0. The third kappa shape index (κ3) is 2.51. The highest BCUT2D eigenvalue weighted by Crippen LogP contribution is 2.23. The van der Waals surface area contributed by atoms with Crippen molar-refractivity contribution >= 4 is 22.6 Å². The molecule has 1 rings (SSSR count). The van der Waals surface area contributed by atoms with Gasteiger partial charge in [0.1, 0.15) is 23.2 Å². The molecule has 0 N–H and O–H groups in total. The van der Waals surface area contributed by atoms with Crippen molar-refractivity contribution in [3.63, 3.8) is 0 Å². The molecule has 0 aliphatic carbocycles. The molecule has 0 radical (unpaired) electrons. The fourth-order valence-corrected chi connectivity index (χ4v) is 1.51. The van der Waals surface area contributed by atoms with Gasteiger partial charge in [0.15, 0.2) is 0 Å². The molecule has 2 nitrogen and oxygen atoms in total. The highest BCUT2D eigenvalue weighted by atomic mass is 127. The zero-order valence-electron chi connectivity index (χ0n) is 6.60. The van der Waals surface area contributed by atoms with E-state index in [2.05, 4.69) is 4.74 Å². The van der Waals surface area contributed by atoms with E-state index < -0.39 is 12.4 Å². The fourth-order valence-electron chi connectivity index (χ4n) is 0.828. The van der Waals surface area contributed by atoms with Crippen molar-refractivity contribution < 1.29 is 17.9 Å². The van der Waals surface area contributed by atoms with Gasteiger partial charge in [0.2, 0.25) is 0 Å². The summed E-state index contributed by atoms with van der Waals surface area (Å²) in [7, 11) is 0. The number of ether oxygens (including phenoxy) is 1. The van der Waals surface area contributed by atoms with Gasteiger partial charge in [0.25, 0.3) is 0 Å². The van der Waals surface area contributed by atoms with Crippen LogP contribution in [0.3, 0.4) is 0 Å². The predicted octanol–water partition coefficient (Wildman–Crippen LogP) is 2.90. The molecule has 74 valence electrons. The van der Waals surface area contributed by atoms with Crippen molar-refractivity contribution in [2.24, 2.45) is 0 Å². The number of hydrogen-bond acceptors (Lipinski definition) is 2. The Bertz CT molecular complexity index is 366. The van der Waals surface area contributed by atoms with Crippen LogP contribution in [0.2, 0.25) is 0 Å². The van der Waals surface area contributed by atoms with E-state index in [1.54, 1.807) is 28.7 Å². The molecule has 6 heteroatoms. The zero-order valence-corrected chi connectivity index (χ0v) is 8.76. The monoisotopic (exact) mass is 313 g/mol. The Morgan fingerprint density at radius 3 is 2.50 bits per heavy atom. The van der Waals surface area contributed by atoms with Crippen LogP contribution >= 0.6 is 22.6 Å². The molecular formula is C8H3F3INO. The van der Waals surface area contributed by atoms with E-state index in [1.165, 1.54) is 6.07 Å². The minimum absolute atomic E-state index is 0.174. The van der Waals surface area contributed by atoms with Crippen LogP contribution in [0, 0.1) is 20.7 Å². The van der Waals surface area contributed by atoms with E-state index >= 15 is 0 Å². The van der Waals surface area contributed by atoms with Crippen molar-refractivity contribution in [1.82, 2.24) is 0 Å². The van der Waals surface area contributed by atoms with Crippen LogP contribution in [0.4, 0.5) is 13.2 Å². The maximum atomic E-state index is 13.0. The van der Waals surface area contributed by atoms with Crippen molar-refractivity contribution in [2.45, 2.75) is 6.61 Å². The molecular weight excluding hydrogens is 310 g/mol. The highest BCUT2D eigenvalue weighted by Gasteiger charge is 2.11. The lowest BCUT2D eigenvalue weighted by Gasteiger charge is -2.05. The van der Waals surface area contributed by atoms with E-state index in [0.29, 0.717) is 0 Å². The Kier molecular flexibility index (Phi) is 3.57. The first-order chi connectivity index (χ1) is 6.54. The van der Waals surface area contributed by atoms with E-state index in [-0.39, 0.29) is 14.9 Å². The van der Waals surface area contributed by atoms with Crippen LogP contribution in [0.15, 0.2) is 12.1 Å². The van der Waals surface area contributed by atoms with Gasteiger partial charge in [0.05, 0.1) is 0 Å². The lowest BCUT2D eigenvalue weighted by Crippen LogP contribution is -2.03. The third-order valence-electron chi connectivity index (χ3n) is 1.35. The fraction of sp³-hybridized carbons (Fsp3) is 0.125. The summed E-state index contributed by atoms with van der Waals surface area (Å²) in [6.45, 7) is -3.00. The number of halogens is 4. The van der Waals surface area contributed by atoms with Gasteiger partial charge in [-0.05, 0) is 28.7 Å². The van der Waals surface area contributed by atoms with Gasteiger partial charge in [0, 0.05) is 9.64 Å². The van der Waals surface area contributed by atoms with E-state index in [0.717, 1.165) is 6.07 Å². The number of alkyl halides is 2. The predicted molar refractivity (Wildman–Crippen MR) is 50.5 cm³/mol. The summed E-state index contributed by atoms with van der Waals surface area (Å²) in [5.41, 5.74) is -0.174. The minimum Gasteiger partial charge on any atom is -0.435 e. The molecule has 0 fully saturated rings. The van der Waals surface area contributed by atoms with Gasteiger partial charge >= 0.3 is 6.61 Å². The SMILES string of the molecule is N#Cc1c(F)cc(OC(F)F)cc1I. The van der Waals surface area contributed by atoms with Gasteiger partial charge in [-0.3, -0.25) is 0 Å². The molecule has 0 amide bonds. The van der Waals surface area contributed by atoms with Crippen LogP contribution in [-0.2, 0) is 0 Å². The Morgan fingerprint density at radius 2 is 2.07 bits per heavy atom. The first kappa shape index (κ1) is 11.1. The molecule has 1 aromatic rings. The molecule has 0 aliphatic rings. The molecule has 0 saturated heterocycles. The van der Waals surface area contributed by atoms with Crippen molar-refractivity contribution in [2.75, 3.05) is 0 Å². The third-order valence-corrected chi connectivity index (χ3v) is 2.20. The van der Waals surface area contributed by atoms with Gasteiger partial charge in [-0.2, -0.15) is 14.0 Å². The average Bonchev–Trinajstić information content (AvgIpc) is 2.01. The van der Waals surface area contributed by atoms with Crippen LogP contribution in [-0.4, -0.2) is 6.61 Å². The van der Waals surface area contributed by atoms with Gasteiger partial charge in [-0.25, -0.2) is 4.39 Å². The minimum atomic E-state index is -3.00. The Morgan fingerprint density at radius 1 is 1.43 bits per heavy atom. The summed E-state index contributed by atoms with van der Waals surface area (Å²) in [5, 5.41) is 8.49. The van der Waals surface area contributed by atoms with E-state index in [4.69, 9.17) is 5.26 Å². The molecule has 0 unspecified atom stereocenters. The summed E-state index contributed by atoms with van der Waals surface area (Å²) in [4.78, 5) is 0. The smallest absolute Gasteiger partial charge is 0.387 e. The second kappa shape index (κ2) is 4.50. The summed E-state index contributed by atoms with van der Waals surface area (Å²) in [5.74, 6) is -1.16. The Hall–Kier alpha value is -0.970. The summed E-state index contributed by atoms with van der Waals surface area (Å²) >= 11 is 1.67. The quantitative estimate of drug-likeness (QED) is 0.787. The van der Waals surface area contributed by atoms with Crippen LogP contribution in [0.25, 0.3) is 0 Å². The maximum Gasteiger partial charge on any atom is 0.387 e. The molecule has 0 spiro atoms. The molecule has 0 aromatic heterocycles. The second-order valence-corrected chi connectivity index (χ2v) is 3.41. The second-order valence-electron chi connectivity index (χ2n) is 2.25. The molecule has 0 saturated carbocycles. The van der Waals surface area contributed by atoms with E-state index in [9.17, 15) is 13.2 Å². The number of nitrogens with zero attached hydrogens (tertiary/aromatic N) is 1. The Balaban J connectivity index is 3.09. The normalized spacial score (nSPS) is 10.0. The Labute approximate surface area is 91.4 Å². The number of rotatable bonds is 2. The molecule has 0 aliphatic heterocycles. The molecule has 0 atom stereocenters. The number of hydrogen-bond donors (Lipinski definition) is 0. The molecule has 0 heterocycles. The van der Waals surface area contributed by atoms with Crippen molar-refractivity contribution in [1.29, 1.82) is 5.26 Å². The van der Waals surface area contributed by atoms with Crippen LogP contribution in [0.5, 0.6) is 5.75 Å².